The van der Waals surface area contributed by atoms with E-state index in [0.29, 0.717) is 17.9 Å². The Labute approximate surface area is 149 Å². The second-order valence-electron chi connectivity index (χ2n) is 5.93. The quantitative estimate of drug-likeness (QED) is 0.826. The molecule has 6 nitrogen and oxygen atoms in total. The number of anilines is 1. The standard InChI is InChI=1S/C19H18FNO5/c20-16-10-13(19(23)24)6-7-17(16)21-18(22)12-3-1-4-14(9-12)26-11-15-5-2-8-25-15/h1,3-4,6-7,9-10,15H,2,5,8,11H2,(H,21,22)(H,23,24). The molecule has 1 aliphatic heterocycles. The fraction of sp³-hybridized carbons (Fsp3) is 0.263. The number of carbonyl (C=O) groups excluding carboxylic acids is 1. The van der Waals surface area contributed by atoms with Crippen molar-refractivity contribution >= 4 is 17.6 Å². The number of halogens is 1. The number of rotatable bonds is 6. The predicted octanol–water partition coefficient (Wildman–Crippen LogP) is 3.33. The van der Waals surface area contributed by atoms with Gasteiger partial charge in [-0.15, -0.1) is 0 Å². The zero-order valence-corrected chi connectivity index (χ0v) is 13.9. The van der Waals surface area contributed by atoms with Gasteiger partial charge in [0, 0.05) is 12.2 Å². The van der Waals surface area contributed by atoms with Crippen molar-refractivity contribution in [1.82, 2.24) is 0 Å². The molecule has 1 aliphatic rings. The van der Waals surface area contributed by atoms with Crippen molar-refractivity contribution in [3.05, 3.63) is 59.4 Å². The number of nitrogens with one attached hydrogen (secondary N) is 1. The monoisotopic (exact) mass is 359 g/mol. The van der Waals surface area contributed by atoms with Crippen molar-refractivity contribution in [2.75, 3.05) is 18.5 Å². The van der Waals surface area contributed by atoms with Gasteiger partial charge in [0.2, 0.25) is 0 Å². The third-order valence-electron chi connectivity index (χ3n) is 4.02. The first-order chi connectivity index (χ1) is 12.5. The lowest BCUT2D eigenvalue weighted by molar-refractivity contribution is 0.0679. The molecule has 26 heavy (non-hydrogen) atoms. The Morgan fingerprint density at radius 3 is 2.77 bits per heavy atom. The van der Waals surface area contributed by atoms with Gasteiger partial charge < -0.3 is 19.9 Å². The van der Waals surface area contributed by atoms with E-state index in [9.17, 15) is 14.0 Å². The van der Waals surface area contributed by atoms with Crippen molar-refractivity contribution in [3.63, 3.8) is 0 Å². The number of carbonyl (C=O) groups is 2. The largest absolute Gasteiger partial charge is 0.491 e. The molecule has 1 amide bonds. The van der Waals surface area contributed by atoms with E-state index < -0.39 is 17.7 Å². The van der Waals surface area contributed by atoms with Crippen LogP contribution in [0.2, 0.25) is 0 Å². The van der Waals surface area contributed by atoms with Crippen molar-refractivity contribution in [2.45, 2.75) is 18.9 Å². The van der Waals surface area contributed by atoms with E-state index in [1.807, 2.05) is 0 Å². The first-order valence-corrected chi connectivity index (χ1v) is 8.21. The van der Waals surface area contributed by atoms with Gasteiger partial charge in [0.05, 0.1) is 17.4 Å². The summed E-state index contributed by atoms with van der Waals surface area (Å²) >= 11 is 0. The van der Waals surface area contributed by atoms with E-state index >= 15 is 0 Å². The van der Waals surface area contributed by atoms with Crippen LogP contribution in [0.3, 0.4) is 0 Å². The molecule has 0 aromatic heterocycles. The molecule has 1 fully saturated rings. The lowest BCUT2D eigenvalue weighted by Gasteiger charge is -2.12. The van der Waals surface area contributed by atoms with Crippen molar-refractivity contribution in [2.24, 2.45) is 0 Å². The molecule has 0 radical (unpaired) electrons. The number of hydrogen-bond acceptors (Lipinski definition) is 4. The number of aromatic carboxylic acids is 1. The second-order valence-corrected chi connectivity index (χ2v) is 5.93. The van der Waals surface area contributed by atoms with Gasteiger partial charge in [-0.05, 0) is 49.2 Å². The molecular weight excluding hydrogens is 341 g/mol. The Bertz CT molecular complexity index is 817. The van der Waals surface area contributed by atoms with Gasteiger partial charge in [-0.25, -0.2) is 9.18 Å². The van der Waals surface area contributed by atoms with E-state index in [-0.39, 0.29) is 17.4 Å². The number of amides is 1. The van der Waals surface area contributed by atoms with Gasteiger partial charge in [-0.2, -0.15) is 0 Å². The Hall–Kier alpha value is -2.93. The molecule has 136 valence electrons. The third-order valence-corrected chi connectivity index (χ3v) is 4.02. The van der Waals surface area contributed by atoms with Gasteiger partial charge in [0.15, 0.2) is 0 Å². The molecule has 1 unspecified atom stereocenters. The number of benzene rings is 2. The van der Waals surface area contributed by atoms with Crippen LogP contribution in [-0.4, -0.2) is 36.3 Å². The molecular formula is C19H18FNO5. The molecule has 2 N–H and O–H groups in total. The Morgan fingerprint density at radius 1 is 1.23 bits per heavy atom. The number of carboxylic acid groups (broad SMARTS) is 1. The summed E-state index contributed by atoms with van der Waals surface area (Å²) in [6.45, 7) is 1.15. The summed E-state index contributed by atoms with van der Waals surface area (Å²) in [5, 5.41) is 11.3. The van der Waals surface area contributed by atoms with Crippen LogP contribution in [0.5, 0.6) is 5.75 Å². The van der Waals surface area contributed by atoms with Crippen LogP contribution >= 0.6 is 0 Å². The smallest absolute Gasteiger partial charge is 0.335 e. The zero-order valence-electron chi connectivity index (χ0n) is 13.9. The zero-order chi connectivity index (χ0) is 18.5. The van der Waals surface area contributed by atoms with Gasteiger partial charge in [0.25, 0.3) is 5.91 Å². The van der Waals surface area contributed by atoms with E-state index in [4.69, 9.17) is 14.6 Å². The van der Waals surface area contributed by atoms with Gasteiger partial charge in [-0.3, -0.25) is 4.79 Å². The van der Waals surface area contributed by atoms with E-state index in [0.717, 1.165) is 25.5 Å². The summed E-state index contributed by atoms with van der Waals surface area (Å²) in [4.78, 5) is 23.1. The summed E-state index contributed by atoms with van der Waals surface area (Å²) in [6, 6.07) is 9.85. The highest BCUT2D eigenvalue weighted by Gasteiger charge is 2.17. The molecule has 3 rings (SSSR count). The highest BCUT2D eigenvalue weighted by molar-refractivity contribution is 6.04. The SMILES string of the molecule is O=C(O)c1ccc(NC(=O)c2cccc(OCC3CCCO3)c2)c(F)c1. The second kappa shape index (κ2) is 7.97. The summed E-state index contributed by atoms with van der Waals surface area (Å²) in [5.41, 5.74) is 0.0206. The molecule has 7 heteroatoms. The Morgan fingerprint density at radius 2 is 2.08 bits per heavy atom. The van der Waals surface area contributed by atoms with E-state index in [1.54, 1.807) is 24.3 Å². The van der Waals surface area contributed by atoms with Crippen LogP contribution in [-0.2, 0) is 4.74 Å². The third kappa shape index (κ3) is 4.37. The van der Waals surface area contributed by atoms with Crippen LogP contribution in [0.1, 0.15) is 33.6 Å². The number of ether oxygens (including phenoxy) is 2. The summed E-state index contributed by atoms with van der Waals surface area (Å²) in [7, 11) is 0. The molecule has 0 saturated carbocycles. The summed E-state index contributed by atoms with van der Waals surface area (Å²) in [6.07, 6.45) is 2.03. The maximum absolute atomic E-state index is 13.9. The number of carboxylic acids is 1. The predicted molar refractivity (Wildman–Crippen MR) is 92.2 cm³/mol. The number of hydrogen-bond donors (Lipinski definition) is 2. The molecule has 0 spiro atoms. The first-order valence-electron chi connectivity index (χ1n) is 8.21. The highest BCUT2D eigenvalue weighted by Crippen LogP contribution is 2.20. The minimum Gasteiger partial charge on any atom is -0.491 e. The van der Waals surface area contributed by atoms with Gasteiger partial charge >= 0.3 is 5.97 Å². The molecule has 2 aromatic rings. The molecule has 2 aromatic carbocycles. The molecule has 1 heterocycles. The summed E-state index contributed by atoms with van der Waals surface area (Å²) < 4.78 is 25.1. The minimum absolute atomic E-state index is 0.0642. The van der Waals surface area contributed by atoms with Crippen LogP contribution in [0, 0.1) is 5.82 Å². The molecule has 0 bridgehead atoms. The normalized spacial score (nSPS) is 16.3. The maximum atomic E-state index is 13.9. The molecule has 0 aliphatic carbocycles. The topological polar surface area (TPSA) is 84.9 Å². The van der Waals surface area contributed by atoms with Crippen molar-refractivity contribution in [3.8, 4) is 5.75 Å². The Balaban J connectivity index is 1.66. The molecule has 1 saturated heterocycles. The average Bonchev–Trinajstić information content (AvgIpc) is 3.15. The maximum Gasteiger partial charge on any atom is 0.335 e. The van der Waals surface area contributed by atoms with Crippen LogP contribution in [0.15, 0.2) is 42.5 Å². The van der Waals surface area contributed by atoms with Crippen LogP contribution in [0.25, 0.3) is 0 Å². The molecule has 1 atom stereocenters. The lowest BCUT2D eigenvalue weighted by atomic mass is 10.1. The Kier molecular flexibility index (Phi) is 5.48. The van der Waals surface area contributed by atoms with E-state index in [1.165, 1.54) is 12.1 Å². The summed E-state index contributed by atoms with van der Waals surface area (Å²) in [5.74, 6) is -2.05. The van der Waals surface area contributed by atoms with Crippen LogP contribution in [0.4, 0.5) is 10.1 Å². The van der Waals surface area contributed by atoms with E-state index in [2.05, 4.69) is 5.32 Å². The fourth-order valence-corrected chi connectivity index (χ4v) is 2.64. The lowest BCUT2D eigenvalue weighted by Crippen LogP contribution is -2.17. The van der Waals surface area contributed by atoms with Gasteiger partial charge in [-0.1, -0.05) is 6.07 Å². The van der Waals surface area contributed by atoms with Crippen LogP contribution < -0.4 is 10.1 Å². The van der Waals surface area contributed by atoms with Crippen molar-refractivity contribution < 1.29 is 28.6 Å². The average molecular weight is 359 g/mol. The van der Waals surface area contributed by atoms with Crippen molar-refractivity contribution in [1.29, 1.82) is 0 Å². The first kappa shape index (κ1) is 17.9. The minimum atomic E-state index is -1.24. The fourth-order valence-electron chi connectivity index (χ4n) is 2.64. The highest BCUT2D eigenvalue weighted by atomic mass is 19.1. The van der Waals surface area contributed by atoms with Gasteiger partial charge in [0.1, 0.15) is 18.2 Å².